The van der Waals surface area contributed by atoms with Gasteiger partial charge in [-0.2, -0.15) is 18.2 Å². The predicted octanol–water partition coefficient (Wildman–Crippen LogP) is 0.278. The van der Waals surface area contributed by atoms with Crippen molar-refractivity contribution in [2.75, 3.05) is 19.6 Å². The van der Waals surface area contributed by atoms with Crippen molar-refractivity contribution in [1.82, 2.24) is 39.3 Å². The van der Waals surface area contributed by atoms with E-state index in [0.717, 1.165) is 12.4 Å². The summed E-state index contributed by atoms with van der Waals surface area (Å²) in [4.78, 5) is 36.3. The van der Waals surface area contributed by atoms with Gasteiger partial charge in [-0.3, -0.25) is 4.79 Å². The lowest BCUT2D eigenvalue weighted by Gasteiger charge is -2.34. The number of carbonyl (C=O) groups is 2. The highest BCUT2D eigenvalue weighted by molar-refractivity contribution is 5.91. The van der Waals surface area contributed by atoms with Gasteiger partial charge in [-0.1, -0.05) is 0 Å². The fraction of sp³-hybridized carbons (Fsp3) is 0.375. The molecule has 0 saturated carbocycles. The first-order valence-corrected chi connectivity index (χ1v) is 8.65. The van der Waals surface area contributed by atoms with Gasteiger partial charge in [0, 0.05) is 51.5 Å². The minimum absolute atomic E-state index is 0.143. The van der Waals surface area contributed by atoms with Crippen LogP contribution in [0.25, 0.3) is 5.78 Å². The quantitative estimate of drug-likeness (QED) is 0.598. The van der Waals surface area contributed by atoms with Crippen molar-refractivity contribution in [2.24, 2.45) is 7.05 Å². The highest BCUT2D eigenvalue weighted by Gasteiger charge is 2.38. The number of aromatic nitrogens is 6. The second-order valence-corrected chi connectivity index (χ2v) is 6.22. The lowest BCUT2D eigenvalue weighted by atomic mass is 10.1. The monoisotopic (exact) mass is 426 g/mol. The van der Waals surface area contributed by atoms with E-state index >= 15 is 0 Å². The summed E-state index contributed by atoms with van der Waals surface area (Å²) in [5, 5.41) is 14.7. The summed E-state index contributed by atoms with van der Waals surface area (Å²) in [6.45, 7) is 1.97. The van der Waals surface area contributed by atoms with Gasteiger partial charge in [-0.25, -0.2) is 19.3 Å². The van der Waals surface area contributed by atoms with Gasteiger partial charge < -0.3 is 19.9 Å². The van der Waals surface area contributed by atoms with Crippen LogP contribution in [0.3, 0.4) is 0 Å². The van der Waals surface area contributed by atoms with Crippen LogP contribution in [0.5, 0.6) is 0 Å². The summed E-state index contributed by atoms with van der Waals surface area (Å²) in [6, 6.07) is 1.60. The molecule has 0 radical (unpaired) electrons. The van der Waals surface area contributed by atoms with E-state index in [2.05, 4.69) is 25.4 Å². The van der Waals surface area contributed by atoms with Crippen molar-refractivity contribution >= 4 is 17.7 Å². The fourth-order valence-corrected chi connectivity index (χ4v) is 2.83. The van der Waals surface area contributed by atoms with Crippen molar-refractivity contribution in [3.63, 3.8) is 0 Å². The van der Waals surface area contributed by atoms with Gasteiger partial charge in [0.1, 0.15) is 11.9 Å². The molecule has 0 spiro atoms. The number of amides is 1. The maximum absolute atomic E-state index is 12.9. The van der Waals surface area contributed by atoms with Crippen molar-refractivity contribution in [3.05, 3.63) is 42.5 Å². The highest BCUT2D eigenvalue weighted by atomic mass is 19.4. The topological polar surface area (TPSA) is 131 Å². The summed E-state index contributed by atoms with van der Waals surface area (Å²) >= 11 is 0. The molecule has 0 aliphatic carbocycles. The number of imidazole rings is 1. The van der Waals surface area contributed by atoms with Gasteiger partial charge in [0.05, 0.1) is 0 Å². The van der Waals surface area contributed by atoms with Gasteiger partial charge in [0.15, 0.2) is 0 Å². The third-order valence-electron chi connectivity index (χ3n) is 4.21. The number of alkyl halides is 3. The number of carboxylic acid groups (broad SMARTS) is 1. The van der Waals surface area contributed by atoms with E-state index in [4.69, 9.17) is 9.90 Å². The summed E-state index contributed by atoms with van der Waals surface area (Å²) in [7, 11) is 1.92. The van der Waals surface area contributed by atoms with Crippen LogP contribution in [0.1, 0.15) is 22.5 Å². The number of aliphatic carboxylic acids is 1. The molecule has 1 saturated heterocycles. The molecule has 0 bridgehead atoms. The third-order valence-corrected chi connectivity index (χ3v) is 4.21. The first kappa shape index (κ1) is 21.2. The molecule has 3 aromatic rings. The van der Waals surface area contributed by atoms with E-state index in [1.54, 1.807) is 29.6 Å². The lowest BCUT2D eigenvalue weighted by Crippen LogP contribution is -2.49. The Kier molecular flexibility index (Phi) is 5.96. The van der Waals surface area contributed by atoms with Gasteiger partial charge in [0.25, 0.3) is 11.7 Å². The summed E-state index contributed by atoms with van der Waals surface area (Å²) in [6.07, 6.45) is 1.87. The van der Waals surface area contributed by atoms with Gasteiger partial charge in [-0.15, -0.1) is 5.10 Å². The predicted molar refractivity (Wildman–Crippen MR) is 94.3 cm³/mol. The molecule has 1 aliphatic rings. The van der Waals surface area contributed by atoms with E-state index in [9.17, 15) is 18.0 Å². The number of carbonyl (C=O) groups excluding carboxylic acids is 1. The summed E-state index contributed by atoms with van der Waals surface area (Å²) in [5.41, 5.74) is 0. The highest BCUT2D eigenvalue weighted by Crippen LogP contribution is 2.22. The summed E-state index contributed by atoms with van der Waals surface area (Å²) in [5.74, 6) is -1.55. The first-order valence-electron chi connectivity index (χ1n) is 8.65. The molecular formula is C16H17F3N8O3. The molecule has 1 atom stereocenters. The molecule has 4 heterocycles. The van der Waals surface area contributed by atoms with Crippen LogP contribution in [-0.2, 0) is 11.8 Å². The zero-order valence-electron chi connectivity index (χ0n) is 15.6. The SMILES string of the molecule is Cn1ccnc1C1CNCCN1C(=O)c1nc2ncccn2n1.O=C(O)C(F)(F)F. The number of hydrogen-bond donors (Lipinski definition) is 2. The van der Waals surface area contributed by atoms with Crippen LogP contribution in [0.2, 0.25) is 0 Å². The molecule has 1 amide bonds. The average molecular weight is 426 g/mol. The van der Waals surface area contributed by atoms with Crippen molar-refractivity contribution in [1.29, 1.82) is 0 Å². The molecular weight excluding hydrogens is 409 g/mol. The Morgan fingerprint density at radius 2 is 1.97 bits per heavy atom. The zero-order valence-corrected chi connectivity index (χ0v) is 15.6. The Bertz CT molecular complexity index is 1010. The van der Waals surface area contributed by atoms with Crippen molar-refractivity contribution in [2.45, 2.75) is 12.2 Å². The van der Waals surface area contributed by atoms with E-state index in [-0.39, 0.29) is 17.8 Å². The Morgan fingerprint density at radius 1 is 1.23 bits per heavy atom. The molecule has 160 valence electrons. The minimum atomic E-state index is -5.08. The number of rotatable bonds is 2. The molecule has 1 fully saturated rings. The second-order valence-electron chi connectivity index (χ2n) is 6.22. The molecule has 3 aromatic heterocycles. The van der Waals surface area contributed by atoms with Crippen LogP contribution < -0.4 is 5.32 Å². The molecule has 30 heavy (non-hydrogen) atoms. The van der Waals surface area contributed by atoms with Crippen LogP contribution in [0.15, 0.2) is 30.9 Å². The Morgan fingerprint density at radius 3 is 2.57 bits per heavy atom. The zero-order chi connectivity index (χ0) is 21.9. The first-order chi connectivity index (χ1) is 14.2. The number of fused-ring (bicyclic) bond motifs is 1. The Hall–Kier alpha value is -3.55. The fourth-order valence-electron chi connectivity index (χ4n) is 2.83. The van der Waals surface area contributed by atoms with Crippen LogP contribution in [0.4, 0.5) is 13.2 Å². The van der Waals surface area contributed by atoms with E-state index in [1.165, 1.54) is 4.52 Å². The van der Waals surface area contributed by atoms with Gasteiger partial charge in [0.2, 0.25) is 5.82 Å². The van der Waals surface area contributed by atoms with Crippen LogP contribution in [0, 0.1) is 0 Å². The average Bonchev–Trinajstić information content (AvgIpc) is 3.33. The largest absolute Gasteiger partial charge is 0.490 e. The number of piperazine rings is 1. The van der Waals surface area contributed by atoms with E-state index in [1.807, 2.05) is 17.8 Å². The van der Waals surface area contributed by atoms with Crippen LogP contribution >= 0.6 is 0 Å². The van der Waals surface area contributed by atoms with Crippen LogP contribution in [-0.4, -0.2) is 76.8 Å². The van der Waals surface area contributed by atoms with E-state index < -0.39 is 12.1 Å². The van der Waals surface area contributed by atoms with Gasteiger partial charge >= 0.3 is 12.1 Å². The van der Waals surface area contributed by atoms with Gasteiger partial charge in [-0.05, 0) is 6.07 Å². The molecule has 1 aliphatic heterocycles. The number of nitrogens with one attached hydrogen (secondary N) is 1. The number of hydrogen-bond acceptors (Lipinski definition) is 7. The normalized spacial score (nSPS) is 16.8. The number of halogens is 3. The third kappa shape index (κ3) is 4.53. The minimum Gasteiger partial charge on any atom is -0.475 e. The number of carboxylic acids is 1. The van der Waals surface area contributed by atoms with Crippen molar-refractivity contribution in [3.8, 4) is 0 Å². The molecule has 1 unspecified atom stereocenters. The Balaban J connectivity index is 0.000000318. The molecule has 0 aromatic carbocycles. The molecule has 14 heteroatoms. The van der Waals surface area contributed by atoms with E-state index in [0.29, 0.717) is 18.9 Å². The molecule has 4 rings (SSSR count). The number of aryl methyl sites for hydroxylation is 1. The second kappa shape index (κ2) is 8.44. The lowest BCUT2D eigenvalue weighted by molar-refractivity contribution is -0.192. The Labute approximate surface area is 167 Å². The number of nitrogens with zero attached hydrogens (tertiary/aromatic N) is 7. The molecule has 2 N–H and O–H groups in total. The maximum atomic E-state index is 12.9. The maximum Gasteiger partial charge on any atom is 0.490 e. The molecule has 11 nitrogen and oxygen atoms in total. The summed E-state index contributed by atoms with van der Waals surface area (Å²) < 4.78 is 35.2. The van der Waals surface area contributed by atoms with Crippen molar-refractivity contribution < 1.29 is 27.9 Å². The standard InChI is InChI=1S/C14H16N8O.C2HF3O2/c1-20-7-5-16-12(20)10-9-15-4-8-21(10)13(23)11-18-14-17-3-2-6-22(14)19-11;3-2(4,5)1(6)7/h2-3,5-7,10,15H,4,8-9H2,1H3;(H,6,7). The smallest absolute Gasteiger partial charge is 0.475 e.